The summed E-state index contributed by atoms with van der Waals surface area (Å²) in [4.78, 5) is 7.26. The van der Waals surface area contributed by atoms with E-state index in [2.05, 4.69) is 34.7 Å². The van der Waals surface area contributed by atoms with Gasteiger partial charge in [-0.15, -0.1) is 35.3 Å². The molecule has 0 aliphatic carbocycles. The van der Waals surface area contributed by atoms with Crippen LogP contribution in [0.15, 0.2) is 17.1 Å². The number of thiophene rings is 1. The topological polar surface area (TPSA) is 53.5 Å². The number of hydrogen-bond acceptors (Lipinski definition) is 3. The van der Waals surface area contributed by atoms with Crippen molar-refractivity contribution in [1.29, 1.82) is 0 Å². The molecule has 23 heavy (non-hydrogen) atoms. The largest absolute Gasteiger partial charge is 0.357 e. The first kappa shape index (κ1) is 22.9. The number of halogens is 1. The van der Waals surface area contributed by atoms with E-state index in [0.717, 1.165) is 18.9 Å². The summed E-state index contributed by atoms with van der Waals surface area (Å²) in [7, 11) is -0.839. The summed E-state index contributed by atoms with van der Waals surface area (Å²) in [5.74, 6) is 1.42. The smallest absolute Gasteiger partial charge is 0.191 e. The fourth-order valence-electron chi connectivity index (χ4n) is 1.76. The van der Waals surface area contributed by atoms with E-state index in [-0.39, 0.29) is 28.7 Å². The molecule has 0 saturated carbocycles. The van der Waals surface area contributed by atoms with E-state index < -0.39 is 10.8 Å². The lowest BCUT2D eigenvalue weighted by Crippen LogP contribution is -2.40. The average Bonchev–Trinajstić information content (AvgIpc) is 2.91. The maximum Gasteiger partial charge on any atom is 0.191 e. The van der Waals surface area contributed by atoms with E-state index in [1.54, 1.807) is 0 Å². The minimum Gasteiger partial charge on any atom is -0.357 e. The first-order valence-electron chi connectivity index (χ1n) is 7.85. The summed E-state index contributed by atoms with van der Waals surface area (Å²) < 4.78 is 11.9. The van der Waals surface area contributed by atoms with Crippen LogP contribution in [0.3, 0.4) is 0 Å². The predicted octanol–water partition coefficient (Wildman–Crippen LogP) is 3.53. The maximum absolute atomic E-state index is 12.0. The number of guanidine groups is 1. The molecule has 1 atom stereocenters. The van der Waals surface area contributed by atoms with E-state index in [4.69, 9.17) is 0 Å². The Bertz CT molecular complexity index is 510. The zero-order chi connectivity index (χ0) is 16.6. The number of hydrogen-bond donors (Lipinski definition) is 2. The van der Waals surface area contributed by atoms with Crippen LogP contribution in [0.2, 0.25) is 0 Å². The van der Waals surface area contributed by atoms with Crippen molar-refractivity contribution in [2.75, 3.05) is 18.8 Å². The van der Waals surface area contributed by atoms with Gasteiger partial charge < -0.3 is 10.6 Å². The third-order valence-corrected chi connectivity index (χ3v) is 6.22. The molecule has 1 unspecified atom stereocenters. The Kier molecular flexibility index (Phi) is 11.3. The van der Waals surface area contributed by atoms with Gasteiger partial charge in [0, 0.05) is 44.1 Å². The summed E-state index contributed by atoms with van der Waals surface area (Å²) in [5, 5.41) is 6.50. The van der Waals surface area contributed by atoms with Gasteiger partial charge in [-0.2, -0.15) is 0 Å². The Morgan fingerprint density at radius 1 is 1.22 bits per heavy atom. The van der Waals surface area contributed by atoms with Crippen molar-refractivity contribution in [2.45, 2.75) is 52.3 Å². The van der Waals surface area contributed by atoms with Gasteiger partial charge >= 0.3 is 0 Å². The van der Waals surface area contributed by atoms with Crippen LogP contribution in [-0.2, 0) is 23.8 Å². The van der Waals surface area contributed by atoms with Crippen molar-refractivity contribution < 1.29 is 4.21 Å². The number of rotatable bonds is 7. The molecule has 0 aliphatic rings. The van der Waals surface area contributed by atoms with Gasteiger partial charge in [0.05, 0.1) is 6.54 Å². The Hall–Kier alpha value is -0.150. The number of aliphatic imine (C=N–C) groups is 1. The van der Waals surface area contributed by atoms with E-state index in [9.17, 15) is 4.21 Å². The van der Waals surface area contributed by atoms with E-state index in [1.807, 2.05) is 39.0 Å². The van der Waals surface area contributed by atoms with Crippen molar-refractivity contribution in [1.82, 2.24) is 10.6 Å². The quantitative estimate of drug-likeness (QED) is 0.364. The molecule has 0 spiro atoms. The average molecular weight is 471 g/mol. The van der Waals surface area contributed by atoms with Crippen LogP contribution in [0, 0.1) is 0 Å². The molecule has 1 aromatic rings. The van der Waals surface area contributed by atoms with Gasteiger partial charge in [-0.3, -0.25) is 4.21 Å². The Labute approximate surface area is 164 Å². The van der Waals surface area contributed by atoms with Crippen LogP contribution in [0.5, 0.6) is 0 Å². The third kappa shape index (κ3) is 9.05. The molecule has 2 N–H and O–H groups in total. The van der Waals surface area contributed by atoms with E-state index in [0.29, 0.717) is 18.8 Å². The standard InChI is InChI=1S/C16H29N3OS2.HI/c1-6-13-8-9-14(21-13)12-19-15(17-7-2)18-10-11-22(20)16(3,4)5;/h8-9H,6-7,10-12H2,1-5H3,(H2,17,18,19);1H. The first-order chi connectivity index (χ1) is 10.4. The second-order valence-electron chi connectivity index (χ2n) is 6.01. The molecule has 1 rings (SSSR count). The van der Waals surface area contributed by atoms with Crippen molar-refractivity contribution in [3.05, 3.63) is 21.9 Å². The predicted molar refractivity (Wildman–Crippen MR) is 115 cm³/mol. The lowest BCUT2D eigenvalue weighted by Gasteiger charge is -2.18. The van der Waals surface area contributed by atoms with Gasteiger partial charge in [-0.05, 0) is 46.2 Å². The molecular formula is C16H30IN3OS2. The highest BCUT2D eigenvalue weighted by atomic mass is 127. The van der Waals surface area contributed by atoms with Gasteiger partial charge in [0.25, 0.3) is 0 Å². The second-order valence-corrected chi connectivity index (χ2v) is 9.58. The fourth-order valence-corrected chi connectivity index (χ4v) is 3.55. The zero-order valence-corrected chi connectivity index (χ0v) is 18.7. The highest BCUT2D eigenvalue weighted by Gasteiger charge is 2.18. The molecule has 0 radical (unpaired) electrons. The minimum absolute atomic E-state index is 0. The van der Waals surface area contributed by atoms with Crippen molar-refractivity contribution in [3.8, 4) is 0 Å². The molecule has 134 valence electrons. The monoisotopic (exact) mass is 471 g/mol. The van der Waals surface area contributed by atoms with Crippen LogP contribution in [0.1, 0.15) is 44.4 Å². The molecule has 0 aliphatic heterocycles. The lowest BCUT2D eigenvalue weighted by molar-refractivity contribution is 0.647. The SMILES string of the molecule is CCNC(=NCc1ccc(CC)s1)NCCS(=O)C(C)(C)C.I. The second kappa shape index (κ2) is 11.4. The Morgan fingerprint density at radius 2 is 1.87 bits per heavy atom. The number of nitrogens with one attached hydrogen (secondary N) is 2. The van der Waals surface area contributed by atoms with Gasteiger partial charge in [0.1, 0.15) is 0 Å². The van der Waals surface area contributed by atoms with Gasteiger partial charge in [0.15, 0.2) is 5.96 Å². The Morgan fingerprint density at radius 3 is 2.39 bits per heavy atom. The molecule has 7 heteroatoms. The molecule has 0 amide bonds. The lowest BCUT2D eigenvalue weighted by atomic mass is 10.3. The van der Waals surface area contributed by atoms with Crippen LogP contribution in [-0.4, -0.2) is 33.8 Å². The van der Waals surface area contributed by atoms with Gasteiger partial charge in [0.2, 0.25) is 0 Å². The highest BCUT2D eigenvalue weighted by Crippen LogP contribution is 2.17. The summed E-state index contributed by atoms with van der Waals surface area (Å²) in [6.07, 6.45) is 1.07. The zero-order valence-electron chi connectivity index (χ0n) is 14.8. The molecule has 1 heterocycles. The summed E-state index contributed by atoms with van der Waals surface area (Å²) in [6.45, 7) is 12.4. The fraction of sp³-hybridized carbons (Fsp3) is 0.688. The van der Waals surface area contributed by atoms with Crippen LogP contribution >= 0.6 is 35.3 Å². The number of aryl methyl sites for hydroxylation is 1. The van der Waals surface area contributed by atoms with E-state index in [1.165, 1.54) is 9.75 Å². The molecule has 0 bridgehead atoms. The van der Waals surface area contributed by atoms with Crippen LogP contribution in [0.25, 0.3) is 0 Å². The summed E-state index contributed by atoms with van der Waals surface area (Å²) in [5.41, 5.74) is 0. The summed E-state index contributed by atoms with van der Waals surface area (Å²) in [6, 6.07) is 4.31. The molecule has 0 aromatic carbocycles. The van der Waals surface area contributed by atoms with E-state index >= 15 is 0 Å². The minimum atomic E-state index is -0.839. The van der Waals surface area contributed by atoms with Gasteiger partial charge in [-0.1, -0.05) is 6.92 Å². The van der Waals surface area contributed by atoms with Crippen molar-refractivity contribution in [2.24, 2.45) is 4.99 Å². The summed E-state index contributed by atoms with van der Waals surface area (Å²) >= 11 is 1.81. The third-order valence-electron chi connectivity index (χ3n) is 3.07. The van der Waals surface area contributed by atoms with Crippen LogP contribution in [0.4, 0.5) is 0 Å². The maximum atomic E-state index is 12.0. The molecule has 0 saturated heterocycles. The first-order valence-corrected chi connectivity index (χ1v) is 9.98. The number of nitrogens with zero attached hydrogens (tertiary/aromatic N) is 1. The van der Waals surface area contributed by atoms with Crippen molar-refractivity contribution in [3.63, 3.8) is 0 Å². The molecular weight excluding hydrogens is 441 g/mol. The molecule has 0 fully saturated rings. The Balaban J connectivity index is 0.00000484. The highest BCUT2D eigenvalue weighted by molar-refractivity contribution is 14.0. The van der Waals surface area contributed by atoms with Crippen molar-refractivity contribution >= 4 is 52.1 Å². The molecule has 1 aromatic heterocycles. The van der Waals surface area contributed by atoms with Gasteiger partial charge in [-0.25, -0.2) is 4.99 Å². The molecule has 4 nitrogen and oxygen atoms in total. The van der Waals surface area contributed by atoms with Crippen LogP contribution < -0.4 is 10.6 Å². The normalized spacial score (nSPS) is 13.3.